The van der Waals surface area contributed by atoms with E-state index in [9.17, 15) is 0 Å². The SMILES string of the molecule is CC1(CNCCCc2cccc(N)c2)CCCC1. The molecule has 0 radical (unpaired) electrons. The Balaban J connectivity index is 1.61. The molecule has 18 heavy (non-hydrogen) atoms. The maximum Gasteiger partial charge on any atom is 0.0316 e. The first-order valence-electron chi connectivity index (χ1n) is 7.23. The molecule has 0 saturated heterocycles. The molecule has 2 rings (SSSR count). The van der Waals surface area contributed by atoms with Crippen molar-refractivity contribution in [2.75, 3.05) is 18.8 Å². The normalized spacial score (nSPS) is 18.1. The van der Waals surface area contributed by atoms with E-state index in [0.717, 1.165) is 18.7 Å². The Hall–Kier alpha value is -1.02. The quantitative estimate of drug-likeness (QED) is 0.596. The standard InChI is InChI=1S/C16H26N2/c1-16(9-2-3-10-16)13-18-11-5-7-14-6-4-8-15(17)12-14/h4,6,8,12,18H,2-3,5,7,9-11,13,17H2,1H3. The van der Waals surface area contributed by atoms with Crippen molar-refractivity contribution in [1.29, 1.82) is 0 Å². The van der Waals surface area contributed by atoms with Crippen LogP contribution >= 0.6 is 0 Å². The summed E-state index contributed by atoms with van der Waals surface area (Å²) in [6, 6.07) is 8.23. The molecule has 1 aliphatic rings. The van der Waals surface area contributed by atoms with E-state index in [4.69, 9.17) is 5.73 Å². The monoisotopic (exact) mass is 246 g/mol. The van der Waals surface area contributed by atoms with Gasteiger partial charge in [-0.05, 0) is 55.3 Å². The maximum atomic E-state index is 5.77. The molecule has 0 heterocycles. The van der Waals surface area contributed by atoms with Gasteiger partial charge in [-0.2, -0.15) is 0 Å². The van der Waals surface area contributed by atoms with Crippen LogP contribution in [0.2, 0.25) is 0 Å². The van der Waals surface area contributed by atoms with Gasteiger partial charge in [0.05, 0.1) is 0 Å². The van der Waals surface area contributed by atoms with E-state index < -0.39 is 0 Å². The second kappa shape index (κ2) is 6.24. The zero-order valence-electron chi connectivity index (χ0n) is 11.5. The van der Waals surface area contributed by atoms with Crippen LogP contribution in [0.4, 0.5) is 5.69 Å². The van der Waals surface area contributed by atoms with Gasteiger partial charge in [0.25, 0.3) is 0 Å². The van der Waals surface area contributed by atoms with Gasteiger partial charge in [0.15, 0.2) is 0 Å². The first-order valence-corrected chi connectivity index (χ1v) is 7.23. The van der Waals surface area contributed by atoms with Crippen molar-refractivity contribution in [2.24, 2.45) is 5.41 Å². The third kappa shape index (κ3) is 4.02. The lowest BCUT2D eigenvalue weighted by atomic mass is 9.89. The summed E-state index contributed by atoms with van der Waals surface area (Å²) < 4.78 is 0. The third-order valence-corrected chi connectivity index (χ3v) is 4.13. The van der Waals surface area contributed by atoms with E-state index in [0.29, 0.717) is 5.41 Å². The predicted molar refractivity (Wildman–Crippen MR) is 78.6 cm³/mol. The van der Waals surface area contributed by atoms with Crippen LogP contribution < -0.4 is 11.1 Å². The van der Waals surface area contributed by atoms with Crippen LogP contribution in [0.5, 0.6) is 0 Å². The molecule has 0 aromatic heterocycles. The Morgan fingerprint density at radius 1 is 1.28 bits per heavy atom. The van der Waals surface area contributed by atoms with Crippen molar-refractivity contribution in [1.82, 2.24) is 5.32 Å². The van der Waals surface area contributed by atoms with Crippen LogP contribution in [-0.2, 0) is 6.42 Å². The van der Waals surface area contributed by atoms with E-state index in [1.807, 2.05) is 12.1 Å². The van der Waals surface area contributed by atoms with Gasteiger partial charge in [-0.3, -0.25) is 0 Å². The van der Waals surface area contributed by atoms with Crippen LogP contribution in [-0.4, -0.2) is 13.1 Å². The molecule has 100 valence electrons. The summed E-state index contributed by atoms with van der Waals surface area (Å²) >= 11 is 0. The molecule has 2 nitrogen and oxygen atoms in total. The zero-order valence-corrected chi connectivity index (χ0v) is 11.5. The molecule has 1 aromatic carbocycles. The molecule has 0 unspecified atom stereocenters. The van der Waals surface area contributed by atoms with Crippen molar-refractivity contribution < 1.29 is 0 Å². The first-order chi connectivity index (χ1) is 8.68. The molecule has 1 aromatic rings. The highest BCUT2D eigenvalue weighted by Crippen LogP contribution is 2.36. The fraction of sp³-hybridized carbons (Fsp3) is 0.625. The van der Waals surface area contributed by atoms with Gasteiger partial charge in [0.2, 0.25) is 0 Å². The molecule has 3 N–H and O–H groups in total. The third-order valence-electron chi connectivity index (χ3n) is 4.13. The number of nitrogen functional groups attached to an aromatic ring is 1. The van der Waals surface area contributed by atoms with Crippen molar-refractivity contribution in [3.63, 3.8) is 0 Å². The second-order valence-electron chi connectivity index (χ2n) is 6.04. The van der Waals surface area contributed by atoms with Crippen LogP contribution in [0.25, 0.3) is 0 Å². The highest BCUT2D eigenvalue weighted by molar-refractivity contribution is 5.40. The predicted octanol–water partition coefficient (Wildman–Crippen LogP) is 3.37. The number of aryl methyl sites for hydroxylation is 1. The van der Waals surface area contributed by atoms with E-state index >= 15 is 0 Å². The summed E-state index contributed by atoms with van der Waals surface area (Å²) in [6.45, 7) is 4.72. The summed E-state index contributed by atoms with van der Waals surface area (Å²) in [5.41, 5.74) is 8.56. The molecule has 1 aliphatic carbocycles. The lowest BCUT2D eigenvalue weighted by Gasteiger charge is -2.23. The Morgan fingerprint density at radius 2 is 2.06 bits per heavy atom. The second-order valence-corrected chi connectivity index (χ2v) is 6.04. The summed E-state index contributed by atoms with van der Waals surface area (Å²) in [7, 11) is 0. The van der Waals surface area contributed by atoms with E-state index in [-0.39, 0.29) is 0 Å². The molecular weight excluding hydrogens is 220 g/mol. The summed E-state index contributed by atoms with van der Waals surface area (Å²) in [4.78, 5) is 0. The van der Waals surface area contributed by atoms with Gasteiger partial charge in [0, 0.05) is 12.2 Å². The van der Waals surface area contributed by atoms with Crippen LogP contribution in [0.3, 0.4) is 0 Å². The summed E-state index contributed by atoms with van der Waals surface area (Å²) in [5, 5.41) is 3.62. The average Bonchev–Trinajstić information content (AvgIpc) is 2.76. The Morgan fingerprint density at radius 3 is 2.78 bits per heavy atom. The van der Waals surface area contributed by atoms with E-state index in [2.05, 4.69) is 24.4 Å². The zero-order chi connectivity index (χ0) is 12.8. The number of rotatable bonds is 6. The van der Waals surface area contributed by atoms with Gasteiger partial charge >= 0.3 is 0 Å². The fourth-order valence-electron chi connectivity index (χ4n) is 2.96. The van der Waals surface area contributed by atoms with Gasteiger partial charge in [0.1, 0.15) is 0 Å². The van der Waals surface area contributed by atoms with Gasteiger partial charge in [-0.25, -0.2) is 0 Å². The molecule has 1 fully saturated rings. The molecule has 0 bridgehead atoms. The van der Waals surface area contributed by atoms with Gasteiger partial charge in [-0.1, -0.05) is 31.9 Å². The largest absolute Gasteiger partial charge is 0.399 e. The molecule has 0 atom stereocenters. The Bertz CT molecular complexity index is 367. The first kappa shape index (κ1) is 13.4. The topological polar surface area (TPSA) is 38.0 Å². The highest BCUT2D eigenvalue weighted by Gasteiger charge is 2.27. The van der Waals surface area contributed by atoms with Crippen molar-refractivity contribution in [3.05, 3.63) is 29.8 Å². The fourth-order valence-corrected chi connectivity index (χ4v) is 2.96. The summed E-state index contributed by atoms with van der Waals surface area (Å²) in [6.07, 6.45) is 7.95. The molecule has 1 saturated carbocycles. The van der Waals surface area contributed by atoms with E-state index in [1.54, 1.807) is 0 Å². The molecule has 0 spiro atoms. The minimum Gasteiger partial charge on any atom is -0.399 e. The van der Waals surface area contributed by atoms with E-state index in [1.165, 1.54) is 44.2 Å². The molecule has 0 aliphatic heterocycles. The van der Waals surface area contributed by atoms with Crippen molar-refractivity contribution in [3.8, 4) is 0 Å². The van der Waals surface area contributed by atoms with Crippen LogP contribution in [0.1, 0.15) is 44.6 Å². The Labute approximate surface area is 111 Å². The smallest absolute Gasteiger partial charge is 0.0316 e. The van der Waals surface area contributed by atoms with Gasteiger partial charge in [-0.15, -0.1) is 0 Å². The van der Waals surface area contributed by atoms with Crippen LogP contribution in [0, 0.1) is 5.41 Å². The molecular formula is C16H26N2. The van der Waals surface area contributed by atoms with Crippen LogP contribution in [0.15, 0.2) is 24.3 Å². The lowest BCUT2D eigenvalue weighted by molar-refractivity contribution is 0.315. The van der Waals surface area contributed by atoms with Crippen molar-refractivity contribution in [2.45, 2.75) is 45.4 Å². The molecule has 0 amide bonds. The Kier molecular flexibility index (Phi) is 4.65. The minimum absolute atomic E-state index is 0.567. The number of anilines is 1. The number of benzene rings is 1. The number of nitrogens with two attached hydrogens (primary N) is 1. The maximum absolute atomic E-state index is 5.77. The average molecular weight is 246 g/mol. The number of hydrogen-bond acceptors (Lipinski definition) is 2. The van der Waals surface area contributed by atoms with Crippen molar-refractivity contribution >= 4 is 5.69 Å². The number of nitrogens with one attached hydrogen (secondary N) is 1. The highest BCUT2D eigenvalue weighted by atomic mass is 14.9. The lowest BCUT2D eigenvalue weighted by Crippen LogP contribution is -2.30. The number of hydrogen-bond donors (Lipinski definition) is 2. The minimum atomic E-state index is 0.567. The summed E-state index contributed by atoms with van der Waals surface area (Å²) in [5.74, 6) is 0. The molecule has 2 heteroatoms. The van der Waals surface area contributed by atoms with Gasteiger partial charge < -0.3 is 11.1 Å².